The van der Waals surface area contributed by atoms with E-state index >= 15 is 0 Å². The lowest BCUT2D eigenvalue weighted by molar-refractivity contribution is 0.564. The van der Waals surface area contributed by atoms with Crippen molar-refractivity contribution in [3.8, 4) is 44.5 Å². The molecule has 0 bridgehead atoms. The number of para-hydroxylation sites is 1. The van der Waals surface area contributed by atoms with Crippen LogP contribution < -0.4 is 4.90 Å². The zero-order valence-corrected chi connectivity index (χ0v) is 32.6. The van der Waals surface area contributed by atoms with Gasteiger partial charge < -0.3 is 4.90 Å². The van der Waals surface area contributed by atoms with Crippen LogP contribution in [0.25, 0.3) is 44.5 Å². The fraction of sp³-hybridized carbons (Fsp3) is 0.0690. The molecule has 0 saturated heterocycles. The highest BCUT2D eigenvalue weighted by molar-refractivity contribution is 5.96. The monoisotopic (exact) mass is 749 g/mol. The van der Waals surface area contributed by atoms with Gasteiger partial charge in [0.2, 0.25) is 0 Å². The third-order valence-corrected chi connectivity index (χ3v) is 14.1. The Morgan fingerprint density at radius 1 is 0.288 bits per heavy atom. The van der Waals surface area contributed by atoms with Gasteiger partial charge in [-0.15, -0.1) is 0 Å². The average molecular weight is 750 g/mol. The van der Waals surface area contributed by atoms with Crippen LogP contribution in [0.4, 0.5) is 17.1 Å². The smallest absolute Gasteiger partial charge is 0.0726 e. The van der Waals surface area contributed by atoms with Crippen LogP contribution in [-0.4, -0.2) is 0 Å². The van der Waals surface area contributed by atoms with Crippen molar-refractivity contribution in [2.24, 2.45) is 0 Å². The minimum Gasteiger partial charge on any atom is -0.310 e. The third kappa shape index (κ3) is 4.40. The van der Waals surface area contributed by atoms with Gasteiger partial charge in [0.15, 0.2) is 0 Å². The van der Waals surface area contributed by atoms with E-state index in [-0.39, 0.29) is 5.41 Å². The van der Waals surface area contributed by atoms with Crippen LogP contribution in [0, 0.1) is 0 Å². The standard InChI is InChI=1S/C58H39N/c1-2-16-42(17-3-1)59(44-31-33-50-48-21-9-13-25-54(48)58(56(50)35-44)52-23-11-7-19-46(52)47-20-8-12-24-53(47)58)43-29-26-38(27-30-43)39-28-32-49-45-18-6-10-22-51(45)57(55(49)34-39)36-40-14-4-5-15-41(40)37-57/h1-35H,36-37H2. The molecule has 0 unspecified atom stereocenters. The second kappa shape index (κ2) is 12.1. The molecular formula is C58H39N. The van der Waals surface area contributed by atoms with Gasteiger partial charge >= 0.3 is 0 Å². The molecule has 0 atom stereocenters. The molecule has 59 heavy (non-hydrogen) atoms. The maximum atomic E-state index is 2.50. The SMILES string of the molecule is c1ccc(N(c2ccc(-c3ccc4c(c3)C3(Cc5ccccc5C3)c3ccccc3-4)cc2)c2ccc3c(c2)C2(c4ccccc4-c4ccccc42)c2ccccc2-3)cc1. The van der Waals surface area contributed by atoms with E-state index in [1.807, 2.05) is 0 Å². The molecule has 0 fully saturated rings. The molecule has 9 aromatic carbocycles. The van der Waals surface area contributed by atoms with Crippen LogP contribution in [0.5, 0.6) is 0 Å². The van der Waals surface area contributed by atoms with Gasteiger partial charge in [-0.05, 0) is 144 Å². The molecule has 0 aromatic heterocycles. The molecule has 4 aliphatic carbocycles. The fourth-order valence-corrected chi connectivity index (χ4v) is 11.7. The summed E-state index contributed by atoms with van der Waals surface area (Å²) in [5.41, 5.74) is 24.9. The lowest BCUT2D eigenvalue weighted by Gasteiger charge is -2.32. The molecule has 4 aliphatic rings. The summed E-state index contributed by atoms with van der Waals surface area (Å²) in [5.74, 6) is 0. The first-order chi connectivity index (χ1) is 29.2. The van der Waals surface area contributed by atoms with E-state index in [0.29, 0.717) is 0 Å². The predicted octanol–water partition coefficient (Wildman–Crippen LogP) is 14.2. The lowest BCUT2D eigenvalue weighted by atomic mass is 9.70. The van der Waals surface area contributed by atoms with Gasteiger partial charge in [0.1, 0.15) is 0 Å². The summed E-state index contributed by atoms with van der Waals surface area (Å²) in [4.78, 5) is 2.43. The highest BCUT2D eigenvalue weighted by Gasteiger charge is 2.52. The van der Waals surface area contributed by atoms with Crippen LogP contribution in [0.1, 0.15) is 44.5 Å². The molecule has 1 nitrogen and oxygen atoms in total. The summed E-state index contributed by atoms with van der Waals surface area (Å²) >= 11 is 0. The first-order valence-electron chi connectivity index (χ1n) is 20.9. The van der Waals surface area contributed by atoms with Gasteiger partial charge in [0.05, 0.1) is 5.41 Å². The summed E-state index contributed by atoms with van der Waals surface area (Å²) in [6.07, 6.45) is 2.10. The minimum absolute atomic E-state index is 0.0272. The average Bonchev–Trinajstić information content (AvgIpc) is 4.01. The second-order valence-electron chi connectivity index (χ2n) is 16.8. The zero-order chi connectivity index (χ0) is 38.7. The molecule has 0 N–H and O–H groups in total. The quantitative estimate of drug-likeness (QED) is 0.173. The Balaban J connectivity index is 0.940. The molecular weight excluding hydrogens is 711 g/mol. The van der Waals surface area contributed by atoms with E-state index in [9.17, 15) is 0 Å². The van der Waals surface area contributed by atoms with E-state index in [4.69, 9.17) is 0 Å². The number of fused-ring (bicyclic) bond motifs is 16. The first kappa shape index (κ1) is 32.8. The van der Waals surface area contributed by atoms with Gasteiger partial charge in [-0.1, -0.05) is 170 Å². The summed E-state index contributed by atoms with van der Waals surface area (Å²) in [5, 5.41) is 0. The van der Waals surface area contributed by atoms with Crippen LogP contribution >= 0.6 is 0 Å². The van der Waals surface area contributed by atoms with E-state index in [2.05, 4.69) is 217 Å². The van der Waals surface area contributed by atoms with Crippen molar-refractivity contribution in [2.75, 3.05) is 4.90 Å². The molecule has 0 heterocycles. The van der Waals surface area contributed by atoms with E-state index in [1.165, 1.54) is 89.0 Å². The number of hydrogen-bond donors (Lipinski definition) is 0. The molecule has 0 aliphatic heterocycles. The Morgan fingerprint density at radius 2 is 0.712 bits per heavy atom. The maximum Gasteiger partial charge on any atom is 0.0726 e. The molecule has 2 spiro atoms. The largest absolute Gasteiger partial charge is 0.310 e. The number of anilines is 3. The van der Waals surface area contributed by atoms with Crippen molar-refractivity contribution in [2.45, 2.75) is 23.7 Å². The van der Waals surface area contributed by atoms with Crippen LogP contribution in [0.2, 0.25) is 0 Å². The highest BCUT2D eigenvalue weighted by atomic mass is 15.1. The zero-order valence-electron chi connectivity index (χ0n) is 32.6. The summed E-state index contributed by atoms with van der Waals surface area (Å²) in [6.45, 7) is 0. The Kier molecular flexibility index (Phi) is 6.76. The minimum atomic E-state index is -0.396. The topological polar surface area (TPSA) is 3.24 Å². The molecule has 276 valence electrons. The van der Waals surface area contributed by atoms with Gasteiger partial charge in [-0.3, -0.25) is 0 Å². The summed E-state index contributed by atoms with van der Waals surface area (Å²) in [6, 6.07) is 79.8. The lowest BCUT2D eigenvalue weighted by Crippen LogP contribution is -2.26. The summed E-state index contributed by atoms with van der Waals surface area (Å²) < 4.78 is 0. The first-order valence-corrected chi connectivity index (χ1v) is 20.9. The Hall–Kier alpha value is -7.22. The van der Waals surface area contributed by atoms with Crippen molar-refractivity contribution in [3.05, 3.63) is 257 Å². The van der Waals surface area contributed by atoms with E-state index in [1.54, 1.807) is 0 Å². The molecule has 1 heteroatoms. The van der Waals surface area contributed by atoms with Crippen molar-refractivity contribution in [1.29, 1.82) is 0 Å². The molecule has 0 saturated carbocycles. The molecule has 13 rings (SSSR count). The summed E-state index contributed by atoms with van der Waals surface area (Å²) in [7, 11) is 0. The molecule has 0 radical (unpaired) electrons. The van der Waals surface area contributed by atoms with E-state index in [0.717, 1.165) is 29.9 Å². The maximum absolute atomic E-state index is 2.50. The second-order valence-corrected chi connectivity index (χ2v) is 16.8. The molecule has 9 aromatic rings. The normalized spacial score (nSPS) is 14.9. The fourth-order valence-electron chi connectivity index (χ4n) is 11.7. The van der Waals surface area contributed by atoms with Crippen molar-refractivity contribution in [3.63, 3.8) is 0 Å². The van der Waals surface area contributed by atoms with Crippen LogP contribution in [0.15, 0.2) is 212 Å². The number of rotatable bonds is 4. The van der Waals surface area contributed by atoms with Gasteiger partial charge in [-0.2, -0.15) is 0 Å². The van der Waals surface area contributed by atoms with E-state index < -0.39 is 5.41 Å². The van der Waals surface area contributed by atoms with Crippen LogP contribution in [-0.2, 0) is 23.7 Å². The number of benzene rings is 9. The van der Waals surface area contributed by atoms with Gasteiger partial charge in [-0.25, -0.2) is 0 Å². The Labute approximate surface area is 345 Å². The highest BCUT2D eigenvalue weighted by Crippen LogP contribution is 2.63. The van der Waals surface area contributed by atoms with Crippen molar-refractivity contribution >= 4 is 17.1 Å². The van der Waals surface area contributed by atoms with Crippen molar-refractivity contribution in [1.82, 2.24) is 0 Å². The number of hydrogen-bond acceptors (Lipinski definition) is 1. The van der Waals surface area contributed by atoms with Crippen molar-refractivity contribution < 1.29 is 0 Å². The van der Waals surface area contributed by atoms with Crippen LogP contribution in [0.3, 0.4) is 0 Å². The van der Waals surface area contributed by atoms with Gasteiger partial charge in [0.25, 0.3) is 0 Å². The predicted molar refractivity (Wildman–Crippen MR) is 243 cm³/mol. The Bertz CT molecular complexity index is 3080. The molecule has 0 amide bonds. The van der Waals surface area contributed by atoms with Gasteiger partial charge in [0, 0.05) is 22.5 Å². The third-order valence-electron chi connectivity index (χ3n) is 14.1. The number of nitrogens with zero attached hydrogens (tertiary/aromatic N) is 1. The Morgan fingerprint density at radius 3 is 1.32 bits per heavy atom.